The lowest BCUT2D eigenvalue weighted by Gasteiger charge is -2.12. The third kappa shape index (κ3) is 3.59. The number of anilines is 1. The molecule has 0 unspecified atom stereocenters. The summed E-state index contributed by atoms with van der Waals surface area (Å²) < 4.78 is 6.89. The van der Waals surface area contributed by atoms with Crippen molar-refractivity contribution in [1.82, 2.24) is 15.0 Å². The van der Waals surface area contributed by atoms with E-state index >= 15 is 0 Å². The van der Waals surface area contributed by atoms with E-state index in [0.29, 0.717) is 5.69 Å². The second kappa shape index (κ2) is 7.39. The molecule has 0 atom stereocenters. The smallest absolute Gasteiger partial charge is 0.278 e. The predicted molar refractivity (Wildman–Crippen MR) is 101 cm³/mol. The van der Waals surface area contributed by atoms with Gasteiger partial charge in [0.2, 0.25) is 0 Å². The molecule has 1 heterocycles. The summed E-state index contributed by atoms with van der Waals surface area (Å²) in [4.78, 5) is 12.7. The van der Waals surface area contributed by atoms with E-state index in [2.05, 4.69) is 15.6 Å². The maximum Gasteiger partial charge on any atom is 0.278 e. The maximum absolute atomic E-state index is 12.7. The van der Waals surface area contributed by atoms with Gasteiger partial charge in [-0.3, -0.25) is 4.79 Å². The molecule has 1 N–H and O–H groups in total. The molecule has 1 amide bonds. The van der Waals surface area contributed by atoms with Gasteiger partial charge < -0.3 is 10.1 Å². The number of carbonyl (C=O) groups excluding carboxylic acids is 1. The van der Waals surface area contributed by atoms with E-state index in [4.69, 9.17) is 4.74 Å². The highest BCUT2D eigenvalue weighted by Gasteiger charge is 2.23. The number of benzene rings is 2. The molecule has 1 aromatic heterocycles. The number of amides is 1. The normalized spacial score (nSPS) is 10.8. The van der Waals surface area contributed by atoms with E-state index < -0.39 is 0 Å². The Balaban J connectivity index is 1.93. The quantitative estimate of drug-likeness (QED) is 0.756. The van der Waals surface area contributed by atoms with Gasteiger partial charge in [-0.25, -0.2) is 4.68 Å². The zero-order valence-corrected chi connectivity index (χ0v) is 15.4. The average Bonchev–Trinajstić information content (AvgIpc) is 3.09. The summed E-state index contributed by atoms with van der Waals surface area (Å²) in [7, 11) is 1.62. The molecule has 6 heteroatoms. The second-order valence-electron chi connectivity index (χ2n) is 6.41. The van der Waals surface area contributed by atoms with Crippen LogP contribution in [0.25, 0.3) is 5.69 Å². The summed E-state index contributed by atoms with van der Waals surface area (Å²) in [5, 5.41) is 11.2. The number of rotatable bonds is 5. The Labute approximate surface area is 152 Å². The number of aryl methyl sites for hydroxylation is 1. The van der Waals surface area contributed by atoms with Crippen LogP contribution in [-0.4, -0.2) is 28.0 Å². The lowest BCUT2D eigenvalue weighted by atomic mass is 10.1. The van der Waals surface area contributed by atoms with Crippen LogP contribution in [-0.2, 0) is 0 Å². The van der Waals surface area contributed by atoms with Crippen molar-refractivity contribution in [3.8, 4) is 11.4 Å². The first-order chi connectivity index (χ1) is 12.5. The van der Waals surface area contributed by atoms with Crippen LogP contribution >= 0.6 is 0 Å². The monoisotopic (exact) mass is 350 g/mol. The molecule has 0 saturated heterocycles. The van der Waals surface area contributed by atoms with Gasteiger partial charge in [0, 0.05) is 5.69 Å². The van der Waals surface area contributed by atoms with Crippen molar-refractivity contribution in [3.05, 3.63) is 65.5 Å². The van der Waals surface area contributed by atoms with Crippen LogP contribution in [0.1, 0.15) is 41.5 Å². The lowest BCUT2D eigenvalue weighted by Crippen LogP contribution is -2.16. The van der Waals surface area contributed by atoms with Gasteiger partial charge in [0.15, 0.2) is 5.69 Å². The highest BCUT2D eigenvalue weighted by atomic mass is 16.5. The molecule has 3 aromatic rings. The Kier molecular flexibility index (Phi) is 5.02. The molecule has 0 fully saturated rings. The maximum atomic E-state index is 12.7. The molecule has 3 rings (SSSR count). The molecule has 0 aliphatic heterocycles. The van der Waals surface area contributed by atoms with Gasteiger partial charge in [0.25, 0.3) is 5.91 Å². The van der Waals surface area contributed by atoms with Crippen LogP contribution in [0, 0.1) is 6.92 Å². The first-order valence-corrected chi connectivity index (χ1v) is 8.47. The average molecular weight is 350 g/mol. The lowest BCUT2D eigenvalue weighted by molar-refractivity contribution is 0.102. The van der Waals surface area contributed by atoms with Crippen LogP contribution in [0.3, 0.4) is 0 Å². The van der Waals surface area contributed by atoms with E-state index in [1.165, 1.54) is 0 Å². The fourth-order valence-corrected chi connectivity index (χ4v) is 2.71. The van der Waals surface area contributed by atoms with Gasteiger partial charge in [-0.1, -0.05) is 36.8 Å². The second-order valence-corrected chi connectivity index (χ2v) is 6.41. The van der Waals surface area contributed by atoms with E-state index in [1.54, 1.807) is 11.8 Å². The fourth-order valence-electron chi connectivity index (χ4n) is 2.71. The number of ether oxygens (including phenoxy) is 1. The third-order valence-corrected chi connectivity index (χ3v) is 4.09. The molecule has 0 aliphatic carbocycles. The van der Waals surface area contributed by atoms with Gasteiger partial charge in [0.05, 0.1) is 18.5 Å². The predicted octanol–water partition coefficient (Wildman–Crippen LogP) is 3.96. The Morgan fingerprint density at radius 1 is 1.08 bits per heavy atom. The van der Waals surface area contributed by atoms with Crippen LogP contribution in [0.5, 0.6) is 5.75 Å². The Bertz CT molecular complexity index is 897. The summed E-state index contributed by atoms with van der Waals surface area (Å²) in [6.07, 6.45) is 0. The Morgan fingerprint density at radius 2 is 1.73 bits per heavy atom. The minimum Gasteiger partial charge on any atom is -0.497 e. The number of nitrogens with zero attached hydrogens (tertiary/aromatic N) is 3. The third-order valence-electron chi connectivity index (χ3n) is 4.09. The summed E-state index contributed by atoms with van der Waals surface area (Å²) >= 11 is 0. The topological polar surface area (TPSA) is 69.0 Å². The van der Waals surface area contributed by atoms with Crippen molar-refractivity contribution in [1.29, 1.82) is 0 Å². The molecule has 26 heavy (non-hydrogen) atoms. The van der Waals surface area contributed by atoms with Gasteiger partial charge in [-0.05, 0) is 49.2 Å². The van der Waals surface area contributed by atoms with Crippen molar-refractivity contribution in [2.75, 3.05) is 12.4 Å². The van der Waals surface area contributed by atoms with Gasteiger partial charge in [0.1, 0.15) is 5.75 Å². The minimum atomic E-state index is -0.266. The fraction of sp³-hybridized carbons (Fsp3) is 0.250. The highest BCUT2D eigenvalue weighted by molar-refractivity contribution is 6.03. The number of hydrogen-bond acceptors (Lipinski definition) is 4. The van der Waals surface area contributed by atoms with E-state index in [1.807, 2.05) is 69.3 Å². The summed E-state index contributed by atoms with van der Waals surface area (Å²) in [6.45, 7) is 6.03. The van der Waals surface area contributed by atoms with Crippen molar-refractivity contribution in [2.45, 2.75) is 26.7 Å². The standard InChI is InChI=1S/C20H22N4O2/c1-13(2)19-18(20(25)21-15-7-5-14(3)6-8-15)22-23-24(19)16-9-11-17(26-4)12-10-16/h5-13H,1-4H3,(H,21,25). The summed E-state index contributed by atoms with van der Waals surface area (Å²) in [6, 6.07) is 15.1. The van der Waals surface area contributed by atoms with Crippen molar-refractivity contribution >= 4 is 11.6 Å². The molecule has 0 aliphatic rings. The van der Waals surface area contributed by atoms with Gasteiger partial charge in [-0.15, -0.1) is 5.10 Å². The summed E-state index contributed by atoms with van der Waals surface area (Å²) in [5.41, 5.74) is 3.79. The molecule has 2 aromatic carbocycles. The molecule has 0 radical (unpaired) electrons. The van der Waals surface area contributed by atoms with Crippen molar-refractivity contribution < 1.29 is 9.53 Å². The van der Waals surface area contributed by atoms with Crippen LogP contribution < -0.4 is 10.1 Å². The number of methoxy groups -OCH3 is 1. The molecule has 6 nitrogen and oxygen atoms in total. The van der Waals surface area contributed by atoms with E-state index in [-0.39, 0.29) is 11.8 Å². The van der Waals surface area contributed by atoms with Crippen LogP contribution in [0.4, 0.5) is 5.69 Å². The highest BCUT2D eigenvalue weighted by Crippen LogP contribution is 2.23. The summed E-state index contributed by atoms with van der Waals surface area (Å²) in [5.74, 6) is 0.570. The molecule has 0 bridgehead atoms. The first kappa shape index (κ1) is 17.7. The molecular weight excluding hydrogens is 328 g/mol. The van der Waals surface area contributed by atoms with Crippen LogP contribution in [0.15, 0.2) is 48.5 Å². The zero-order chi connectivity index (χ0) is 18.7. The zero-order valence-electron chi connectivity index (χ0n) is 15.4. The molecule has 134 valence electrons. The van der Waals surface area contributed by atoms with Gasteiger partial charge in [-0.2, -0.15) is 0 Å². The van der Waals surface area contributed by atoms with Gasteiger partial charge >= 0.3 is 0 Å². The Hall–Kier alpha value is -3.15. The number of carbonyl (C=O) groups is 1. The van der Waals surface area contributed by atoms with Crippen molar-refractivity contribution in [3.63, 3.8) is 0 Å². The molecule has 0 saturated carbocycles. The SMILES string of the molecule is COc1ccc(-n2nnc(C(=O)Nc3ccc(C)cc3)c2C(C)C)cc1. The van der Waals surface area contributed by atoms with Crippen LogP contribution in [0.2, 0.25) is 0 Å². The van der Waals surface area contributed by atoms with E-state index in [0.717, 1.165) is 28.4 Å². The Morgan fingerprint density at radius 3 is 2.31 bits per heavy atom. The number of aromatic nitrogens is 3. The first-order valence-electron chi connectivity index (χ1n) is 8.47. The minimum absolute atomic E-state index is 0.0749. The largest absolute Gasteiger partial charge is 0.497 e. The van der Waals surface area contributed by atoms with E-state index in [9.17, 15) is 4.79 Å². The van der Waals surface area contributed by atoms with Crippen molar-refractivity contribution in [2.24, 2.45) is 0 Å². The molecule has 0 spiro atoms. The molecular formula is C20H22N4O2. The number of nitrogens with one attached hydrogen (secondary N) is 1. The number of hydrogen-bond donors (Lipinski definition) is 1.